The molecule has 0 amide bonds. The van der Waals surface area contributed by atoms with Crippen LogP contribution in [0.4, 0.5) is 5.82 Å². The van der Waals surface area contributed by atoms with Crippen LogP contribution in [-0.4, -0.2) is 15.4 Å². The van der Waals surface area contributed by atoms with Gasteiger partial charge >= 0.3 is 7.24 Å². The maximum Gasteiger partial charge on any atom is 1.00 e. The minimum atomic E-state index is -0.528. The first kappa shape index (κ1) is 8.51. The van der Waals surface area contributed by atoms with Gasteiger partial charge in [-0.2, -0.15) is 0 Å². The van der Waals surface area contributed by atoms with E-state index in [1.807, 2.05) is 0 Å². The van der Waals surface area contributed by atoms with Crippen LogP contribution in [0.5, 0.6) is 0 Å². The van der Waals surface area contributed by atoms with Gasteiger partial charge in [0.25, 0.3) is 0 Å². The van der Waals surface area contributed by atoms with Crippen LogP contribution in [0, 0.1) is 10.1 Å². The number of nitrogens with zero attached hydrogens (tertiary/aromatic N) is 2. The zero-order valence-electron chi connectivity index (χ0n) is 6.02. The van der Waals surface area contributed by atoms with Gasteiger partial charge < -0.3 is 15.6 Å². The van der Waals surface area contributed by atoms with Crippen LogP contribution in [0.25, 0.3) is 0 Å². The molecule has 1 aromatic heterocycles. The van der Waals surface area contributed by atoms with Gasteiger partial charge in [-0.1, -0.05) is 6.07 Å². The van der Waals surface area contributed by atoms with Crippen LogP contribution in [0.1, 0.15) is 1.43 Å². The molecule has 1 aromatic rings. The van der Waals surface area contributed by atoms with Gasteiger partial charge in [0, 0.05) is 6.07 Å². The van der Waals surface area contributed by atoms with Crippen LogP contribution in [-0.2, 0) is 0 Å². The van der Waals surface area contributed by atoms with Crippen molar-refractivity contribution in [3.8, 4) is 0 Å². The first-order chi connectivity index (χ1) is 4.30. The molecular weight excluding hydrogens is 136 g/mol. The predicted octanol–water partition coefficient (Wildman–Crippen LogP) is 0.278. The molecular formula is C5H7N2O3+. The Labute approximate surface area is 58.3 Å². The Hall–Kier alpha value is -1.49. The van der Waals surface area contributed by atoms with Gasteiger partial charge in [0.2, 0.25) is 0 Å². The molecule has 0 aliphatic rings. The molecule has 0 bridgehead atoms. The van der Waals surface area contributed by atoms with Gasteiger partial charge in [0.15, 0.2) is 0 Å². The fourth-order valence-electron chi connectivity index (χ4n) is 0.462. The maximum atomic E-state index is 9.94. The molecule has 0 spiro atoms. The molecule has 5 heteroatoms. The third-order valence-corrected chi connectivity index (χ3v) is 0.836. The molecule has 10 heavy (non-hydrogen) atoms. The third kappa shape index (κ3) is 1.79. The van der Waals surface area contributed by atoms with E-state index in [0.29, 0.717) is 0 Å². The zero-order valence-corrected chi connectivity index (χ0v) is 5.02. The second kappa shape index (κ2) is 3.52. The van der Waals surface area contributed by atoms with E-state index in [0.717, 1.165) is 0 Å². The van der Waals surface area contributed by atoms with Gasteiger partial charge in [0.05, 0.1) is 0 Å². The van der Waals surface area contributed by atoms with E-state index in [-0.39, 0.29) is 12.7 Å². The second-order valence-electron chi connectivity index (χ2n) is 1.45. The Bertz CT molecular complexity index is 216. The topological polar surface area (TPSA) is 87.5 Å². The summed E-state index contributed by atoms with van der Waals surface area (Å²) in [4.78, 5) is 12.9. The van der Waals surface area contributed by atoms with Gasteiger partial charge in [0.1, 0.15) is 6.20 Å². The van der Waals surface area contributed by atoms with E-state index in [9.17, 15) is 10.1 Å². The summed E-state index contributed by atoms with van der Waals surface area (Å²) in [7, 11) is 0. The quantitative estimate of drug-likeness (QED) is 0.417. The summed E-state index contributed by atoms with van der Waals surface area (Å²) in [6, 6.07) is 4.55. The molecule has 0 saturated heterocycles. The SMILES string of the molecule is O.O=[N+]([O-])c1ccccn1.[H+]. The molecule has 0 aliphatic carbocycles. The summed E-state index contributed by atoms with van der Waals surface area (Å²) in [5.74, 6) is -0.113. The Morgan fingerprint density at radius 3 is 2.60 bits per heavy atom. The number of aromatic nitrogens is 1. The van der Waals surface area contributed by atoms with E-state index in [2.05, 4.69) is 4.98 Å². The molecule has 1 heterocycles. The van der Waals surface area contributed by atoms with Crippen molar-refractivity contribution in [3.63, 3.8) is 0 Å². The molecule has 0 saturated carbocycles. The first-order valence-electron chi connectivity index (χ1n) is 2.36. The van der Waals surface area contributed by atoms with E-state index in [4.69, 9.17) is 0 Å². The van der Waals surface area contributed by atoms with Crippen molar-refractivity contribution in [3.05, 3.63) is 34.5 Å². The van der Waals surface area contributed by atoms with Crippen molar-refractivity contribution in [2.24, 2.45) is 0 Å². The largest absolute Gasteiger partial charge is 1.00 e. The Morgan fingerprint density at radius 2 is 2.30 bits per heavy atom. The standard InChI is InChI=1S/C5H4N2O2.H2O/c8-7(9)5-3-1-2-4-6-5;/h1-4H;1H2/p+1. The summed E-state index contributed by atoms with van der Waals surface area (Å²) in [5, 5.41) is 9.94. The van der Waals surface area contributed by atoms with Crippen LogP contribution in [0.2, 0.25) is 0 Å². The van der Waals surface area contributed by atoms with Gasteiger partial charge in [-0.3, -0.25) is 0 Å². The third-order valence-electron chi connectivity index (χ3n) is 0.836. The smallest absolute Gasteiger partial charge is 0.412 e. The highest BCUT2D eigenvalue weighted by Crippen LogP contribution is 2.01. The molecule has 0 aliphatic heterocycles. The van der Waals surface area contributed by atoms with Crippen molar-refractivity contribution < 1.29 is 11.8 Å². The van der Waals surface area contributed by atoms with E-state index in [1.54, 1.807) is 12.1 Å². The van der Waals surface area contributed by atoms with Crippen molar-refractivity contribution in [1.82, 2.24) is 4.98 Å². The maximum absolute atomic E-state index is 9.94. The lowest BCUT2D eigenvalue weighted by molar-refractivity contribution is -0.389. The van der Waals surface area contributed by atoms with E-state index < -0.39 is 4.92 Å². The normalized spacial score (nSPS) is 8.00. The van der Waals surface area contributed by atoms with Crippen molar-refractivity contribution in [2.75, 3.05) is 0 Å². The summed E-state index contributed by atoms with van der Waals surface area (Å²) < 4.78 is 0. The Kier molecular flexibility index (Phi) is 2.99. The van der Waals surface area contributed by atoms with Crippen molar-refractivity contribution >= 4 is 5.82 Å². The average Bonchev–Trinajstić information content (AvgIpc) is 1.90. The molecule has 0 unspecified atom stereocenters. The van der Waals surface area contributed by atoms with Crippen LogP contribution in [0.3, 0.4) is 0 Å². The zero-order chi connectivity index (χ0) is 6.69. The summed E-state index contributed by atoms with van der Waals surface area (Å²) in [5.41, 5.74) is 0. The van der Waals surface area contributed by atoms with Gasteiger partial charge in [-0.25, -0.2) is 0 Å². The van der Waals surface area contributed by atoms with Crippen LogP contribution >= 0.6 is 0 Å². The second-order valence-corrected chi connectivity index (χ2v) is 1.45. The molecule has 0 radical (unpaired) electrons. The number of hydrogen-bond acceptors (Lipinski definition) is 3. The summed E-state index contributed by atoms with van der Waals surface area (Å²) in [6.07, 6.45) is 1.39. The lowest BCUT2D eigenvalue weighted by atomic mass is 10.5. The number of rotatable bonds is 1. The highest BCUT2D eigenvalue weighted by atomic mass is 16.6. The minimum Gasteiger partial charge on any atom is -0.412 e. The minimum absolute atomic E-state index is 0. The highest BCUT2D eigenvalue weighted by Gasteiger charge is 2.00. The summed E-state index contributed by atoms with van der Waals surface area (Å²) >= 11 is 0. The van der Waals surface area contributed by atoms with Crippen LogP contribution < -0.4 is 0 Å². The Balaban J connectivity index is 0. The highest BCUT2D eigenvalue weighted by molar-refractivity contribution is 5.16. The molecule has 0 atom stereocenters. The number of nitro groups is 1. The molecule has 1 rings (SSSR count). The molecule has 2 N–H and O–H groups in total. The van der Waals surface area contributed by atoms with Gasteiger partial charge in [-0.05, 0) is 16.0 Å². The molecule has 5 nitrogen and oxygen atoms in total. The monoisotopic (exact) mass is 143 g/mol. The summed E-state index contributed by atoms with van der Waals surface area (Å²) in [6.45, 7) is 0. The van der Waals surface area contributed by atoms with E-state index in [1.165, 1.54) is 12.3 Å². The number of hydrogen-bond donors (Lipinski definition) is 0. The van der Waals surface area contributed by atoms with Crippen molar-refractivity contribution in [1.29, 1.82) is 0 Å². The molecule has 0 aromatic carbocycles. The molecule has 54 valence electrons. The fourth-order valence-corrected chi connectivity index (χ4v) is 0.462. The van der Waals surface area contributed by atoms with E-state index >= 15 is 0 Å². The fraction of sp³-hybridized carbons (Fsp3) is 0. The van der Waals surface area contributed by atoms with Gasteiger partial charge in [-0.15, -0.1) is 0 Å². The average molecular weight is 143 g/mol. The molecule has 0 fully saturated rings. The van der Waals surface area contributed by atoms with Crippen LogP contribution in [0.15, 0.2) is 24.4 Å². The number of pyridine rings is 1. The lowest BCUT2D eigenvalue weighted by Crippen LogP contribution is -1.88. The Morgan fingerprint density at radius 1 is 1.60 bits per heavy atom. The predicted molar refractivity (Wildman–Crippen MR) is 35.6 cm³/mol. The van der Waals surface area contributed by atoms with Crippen molar-refractivity contribution in [2.45, 2.75) is 0 Å². The first-order valence-corrected chi connectivity index (χ1v) is 2.36. The lowest BCUT2D eigenvalue weighted by Gasteiger charge is -1.86.